The summed E-state index contributed by atoms with van der Waals surface area (Å²) in [5, 5.41) is 0. The van der Waals surface area contributed by atoms with E-state index in [2.05, 4.69) is 6.92 Å². The van der Waals surface area contributed by atoms with Gasteiger partial charge in [0.15, 0.2) is 11.5 Å². The second-order valence-corrected chi connectivity index (χ2v) is 6.04. The molecule has 0 aliphatic heterocycles. The van der Waals surface area contributed by atoms with Gasteiger partial charge in [-0.2, -0.15) is 0 Å². The highest BCUT2D eigenvalue weighted by atomic mass is 16.5. The summed E-state index contributed by atoms with van der Waals surface area (Å²) in [5.41, 5.74) is 0. The lowest BCUT2D eigenvalue weighted by molar-refractivity contribution is 0.0460. The van der Waals surface area contributed by atoms with Crippen molar-refractivity contribution in [3.05, 3.63) is 23.7 Å². The Morgan fingerprint density at radius 2 is 1.39 bits per heavy atom. The van der Waals surface area contributed by atoms with Gasteiger partial charge in [-0.25, -0.2) is 4.79 Å². The van der Waals surface area contributed by atoms with Gasteiger partial charge in [0, 0.05) is 6.92 Å². The molecule has 130 valence electrons. The molecule has 0 N–H and O–H groups in total. The minimum Gasteiger partial charge on any atom is -0.460 e. The van der Waals surface area contributed by atoms with Gasteiger partial charge in [0.05, 0.1) is 6.61 Å². The van der Waals surface area contributed by atoms with Gasteiger partial charge >= 0.3 is 5.97 Å². The molecule has 0 fully saturated rings. The van der Waals surface area contributed by atoms with Crippen LogP contribution in [-0.4, -0.2) is 18.4 Å². The second-order valence-electron chi connectivity index (χ2n) is 6.04. The topological polar surface area (TPSA) is 56.5 Å². The molecule has 0 bridgehead atoms. The molecule has 0 atom stereocenters. The van der Waals surface area contributed by atoms with Crippen LogP contribution in [-0.2, 0) is 4.74 Å². The third kappa shape index (κ3) is 8.58. The Morgan fingerprint density at radius 1 is 0.870 bits per heavy atom. The zero-order valence-electron chi connectivity index (χ0n) is 14.6. The quantitative estimate of drug-likeness (QED) is 0.271. The fraction of sp³-hybridized carbons (Fsp3) is 0.684. The van der Waals surface area contributed by atoms with E-state index < -0.39 is 5.97 Å². The van der Waals surface area contributed by atoms with Gasteiger partial charge in [0.2, 0.25) is 5.76 Å². The lowest BCUT2D eigenvalue weighted by atomic mass is 10.1. The van der Waals surface area contributed by atoms with Crippen molar-refractivity contribution in [1.82, 2.24) is 0 Å². The van der Waals surface area contributed by atoms with Crippen LogP contribution in [0.5, 0.6) is 0 Å². The fourth-order valence-electron chi connectivity index (χ4n) is 2.46. The molecule has 0 aliphatic rings. The van der Waals surface area contributed by atoms with E-state index in [0.29, 0.717) is 6.61 Å². The molecular formula is C19H30O4. The van der Waals surface area contributed by atoms with E-state index in [0.717, 1.165) is 12.8 Å². The normalized spacial score (nSPS) is 10.7. The highest BCUT2D eigenvalue weighted by molar-refractivity contribution is 5.93. The van der Waals surface area contributed by atoms with Crippen molar-refractivity contribution in [2.24, 2.45) is 0 Å². The van der Waals surface area contributed by atoms with Gasteiger partial charge in [-0.15, -0.1) is 0 Å². The maximum atomic E-state index is 11.7. The van der Waals surface area contributed by atoms with Crippen LogP contribution in [0, 0.1) is 0 Å². The number of rotatable bonds is 13. The Bertz CT molecular complexity index is 462. The highest BCUT2D eigenvalue weighted by Gasteiger charge is 2.14. The van der Waals surface area contributed by atoms with Crippen LogP contribution in [0.3, 0.4) is 0 Å². The summed E-state index contributed by atoms with van der Waals surface area (Å²) in [7, 11) is 0. The molecule has 0 aromatic carbocycles. The first kappa shape index (κ1) is 19.5. The molecule has 0 amide bonds. The highest BCUT2D eigenvalue weighted by Crippen LogP contribution is 2.12. The molecule has 4 heteroatoms. The number of unbranched alkanes of at least 4 members (excludes halogenated alkanes) is 9. The van der Waals surface area contributed by atoms with Crippen molar-refractivity contribution in [3.8, 4) is 0 Å². The van der Waals surface area contributed by atoms with Crippen LogP contribution in [0.25, 0.3) is 0 Å². The third-order valence-electron chi connectivity index (χ3n) is 3.89. The van der Waals surface area contributed by atoms with E-state index in [1.54, 1.807) is 0 Å². The monoisotopic (exact) mass is 322 g/mol. The Kier molecular flexibility index (Phi) is 10.1. The molecular weight excluding hydrogens is 292 g/mol. The van der Waals surface area contributed by atoms with Crippen LogP contribution in [0.2, 0.25) is 0 Å². The molecule has 0 unspecified atom stereocenters. The van der Waals surface area contributed by atoms with Crippen molar-refractivity contribution >= 4 is 11.8 Å². The van der Waals surface area contributed by atoms with Gasteiger partial charge in [0.1, 0.15) is 0 Å². The van der Waals surface area contributed by atoms with Gasteiger partial charge in [0.25, 0.3) is 0 Å². The largest absolute Gasteiger partial charge is 0.460 e. The lowest BCUT2D eigenvalue weighted by Crippen LogP contribution is -2.05. The molecule has 4 nitrogen and oxygen atoms in total. The minimum atomic E-state index is -0.492. The van der Waals surface area contributed by atoms with Gasteiger partial charge < -0.3 is 9.15 Å². The Morgan fingerprint density at radius 3 is 1.91 bits per heavy atom. The second kappa shape index (κ2) is 11.9. The van der Waals surface area contributed by atoms with Crippen molar-refractivity contribution in [3.63, 3.8) is 0 Å². The summed E-state index contributed by atoms with van der Waals surface area (Å²) >= 11 is 0. The summed E-state index contributed by atoms with van der Waals surface area (Å²) in [5.74, 6) is -0.398. The molecule has 23 heavy (non-hydrogen) atoms. The summed E-state index contributed by atoms with van der Waals surface area (Å²) < 4.78 is 10.3. The van der Waals surface area contributed by atoms with Crippen molar-refractivity contribution in [2.45, 2.75) is 78.1 Å². The number of esters is 1. The van der Waals surface area contributed by atoms with Crippen LogP contribution in [0.15, 0.2) is 16.5 Å². The van der Waals surface area contributed by atoms with E-state index >= 15 is 0 Å². The van der Waals surface area contributed by atoms with Crippen molar-refractivity contribution in [2.75, 3.05) is 6.61 Å². The maximum absolute atomic E-state index is 11.7. The Balaban J connectivity index is 1.98. The number of Topliss-reactive ketones (excluding diaryl/α,β-unsaturated/α-hetero) is 1. The average Bonchev–Trinajstić information content (AvgIpc) is 3.02. The smallest absolute Gasteiger partial charge is 0.374 e. The fourth-order valence-corrected chi connectivity index (χ4v) is 2.46. The number of hydrogen-bond donors (Lipinski definition) is 0. The number of ketones is 1. The molecule has 0 radical (unpaired) electrons. The van der Waals surface area contributed by atoms with Crippen molar-refractivity contribution < 1.29 is 18.7 Å². The molecule has 0 saturated heterocycles. The van der Waals surface area contributed by atoms with E-state index in [1.807, 2.05) is 0 Å². The maximum Gasteiger partial charge on any atom is 0.374 e. The van der Waals surface area contributed by atoms with Crippen LogP contribution in [0.1, 0.15) is 99.2 Å². The van der Waals surface area contributed by atoms with Crippen molar-refractivity contribution in [1.29, 1.82) is 0 Å². The zero-order valence-corrected chi connectivity index (χ0v) is 14.6. The van der Waals surface area contributed by atoms with Gasteiger partial charge in [-0.05, 0) is 18.6 Å². The van der Waals surface area contributed by atoms with Gasteiger partial charge in [-0.1, -0.05) is 64.7 Å². The first-order valence-corrected chi connectivity index (χ1v) is 8.93. The van der Waals surface area contributed by atoms with Crippen LogP contribution in [0.4, 0.5) is 0 Å². The molecule has 1 aromatic heterocycles. The summed E-state index contributed by atoms with van der Waals surface area (Å²) in [6.07, 6.45) is 12.4. The first-order valence-electron chi connectivity index (χ1n) is 8.93. The number of hydrogen-bond acceptors (Lipinski definition) is 4. The van der Waals surface area contributed by atoms with Crippen LogP contribution >= 0.6 is 0 Å². The average molecular weight is 322 g/mol. The predicted octanol–water partition coefficient (Wildman–Crippen LogP) is 5.56. The molecule has 0 spiro atoms. The van der Waals surface area contributed by atoms with E-state index in [9.17, 15) is 9.59 Å². The minimum absolute atomic E-state index is 0.0993. The molecule has 1 aromatic rings. The summed E-state index contributed by atoms with van der Waals surface area (Å²) in [6, 6.07) is 2.98. The molecule has 0 saturated carbocycles. The Labute approximate surface area is 139 Å². The zero-order chi connectivity index (χ0) is 16.9. The number of ether oxygens (including phenoxy) is 1. The lowest BCUT2D eigenvalue weighted by Gasteiger charge is -2.04. The number of carbonyl (C=O) groups excluding carboxylic acids is 2. The first-order chi connectivity index (χ1) is 11.1. The van der Waals surface area contributed by atoms with Gasteiger partial charge in [-0.3, -0.25) is 4.79 Å². The standard InChI is InChI=1S/C19H30O4/c1-3-4-5-6-7-8-9-10-11-12-15-22-19(21)18-14-13-17(23-18)16(2)20/h13-14H,3-12,15H2,1-2H3. The Hall–Kier alpha value is -1.58. The molecule has 1 heterocycles. The van der Waals surface area contributed by atoms with E-state index in [1.165, 1.54) is 70.4 Å². The molecule has 0 aliphatic carbocycles. The number of carbonyl (C=O) groups is 2. The molecule has 1 rings (SSSR count). The van der Waals surface area contributed by atoms with Crippen LogP contribution < -0.4 is 0 Å². The number of furan rings is 1. The predicted molar refractivity (Wildman–Crippen MR) is 90.8 cm³/mol. The summed E-state index contributed by atoms with van der Waals surface area (Å²) in [6.45, 7) is 4.05. The van der Waals surface area contributed by atoms with E-state index in [4.69, 9.17) is 9.15 Å². The summed E-state index contributed by atoms with van der Waals surface area (Å²) in [4.78, 5) is 22.8. The SMILES string of the molecule is CCCCCCCCCCCCOC(=O)c1ccc(C(C)=O)o1. The third-order valence-corrected chi connectivity index (χ3v) is 3.89. The van der Waals surface area contributed by atoms with E-state index in [-0.39, 0.29) is 17.3 Å².